The van der Waals surface area contributed by atoms with Crippen LogP contribution in [0.1, 0.15) is 30.5 Å². The van der Waals surface area contributed by atoms with Crippen LogP contribution >= 0.6 is 11.6 Å². The van der Waals surface area contributed by atoms with Gasteiger partial charge < -0.3 is 10.4 Å². The van der Waals surface area contributed by atoms with Crippen molar-refractivity contribution >= 4 is 17.3 Å². The Morgan fingerprint density at radius 2 is 1.95 bits per heavy atom. The molecule has 19 heavy (non-hydrogen) atoms. The van der Waals surface area contributed by atoms with E-state index < -0.39 is 0 Å². The van der Waals surface area contributed by atoms with Crippen LogP contribution in [-0.2, 0) is 0 Å². The molecule has 2 rings (SSSR count). The number of hydrogen-bond acceptors (Lipinski definition) is 2. The average molecular weight is 276 g/mol. The van der Waals surface area contributed by atoms with E-state index in [9.17, 15) is 5.11 Å². The molecule has 0 saturated heterocycles. The lowest BCUT2D eigenvalue weighted by Gasteiger charge is -2.21. The Hall–Kier alpha value is -1.67. The molecule has 0 heterocycles. The van der Waals surface area contributed by atoms with Gasteiger partial charge in [-0.3, -0.25) is 0 Å². The summed E-state index contributed by atoms with van der Waals surface area (Å²) < 4.78 is 0. The number of phenolic OH excluding ortho intramolecular Hbond substituents is 1. The molecular formula is C16H18ClNO. The number of benzene rings is 2. The summed E-state index contributed by atoms with van der Waals surface area (Å²) in [6, 6.07) is 13.3. The predicted octanol–water partition coefficient (Wildman–Crippen LogP) is 4.92. The molecule has 2 aromatic rings. The number of anilines is 1. The standard InChI is InChI=1S/C16H18ClNO/c1-3-14(13-6-4-5-7-16(13)19)18-15-10-12(17)9-8-11(15)2/h4-10,14,18-19H,3H2,1-2H3. The number of rotatable bonds is 4. The van der Waals surface area contributed by atoms with Gasteiger partial charge in [0.2, 0.25) is 0 Å². The van der Waals surface area contributed by atoms with E-state index in [0.717, 1.165) is 23.2 Å². The van der Waals surface area contributed by atoms with E-state index in [1.54, 1.807) is 6.07 Å². The zero-order chi connectivity index (χ0) is 13.8. The molecule has 3 heteroatoms. The number of aryl methyl sites for hydroxylation is 1. The summed E-state index contributed by atoms with van der Waals surface area (Å²) in [6.07, 6.45) is 0.878. The lowest BCUT2D eigenvalue weighted by Crippen LogP contribution is -2.10. The molecule has 2 nitrogen and oxygen atoms in total. The van der Waals surface area contributed by atoms with Gasteiger partial charge in [-0.25, -0.2) is 0 Å². The quantitative estimate of drug-likeness (QED) is 0.830. The smallest absolute Gasteiger partial charge is 0.120 e. The van der Waals surface area contributed by atoms with Gasteiger partial charge in [-0.1, -0.05) is 42.8 Å². The maximum atomic E-state index is 9.95. The first-order chi connectivity index (χ1) is 9.11. The average Bonchev–Trinajstić information content (AvgIpc) is 2.41. The third kappa shape index (κ3) is 3.21. The molecule has 0 aliphatic heterocycles. The van der Waals surface area contributed by atoms with E-state index in [4.69, 9.17) is 11.6 Å². The van der Waals surface area contributed by atoms with Gasteiger partial charge in [-0.2, -0.15) is 0 Å². The lowest BCUT2D eigenvalue weighted by molar-refractivity contribution is 0.463. The molecule has 0 saturated carbocycles. The summed E-state index contributed by atoms with van der Waals surface area (Å²) in [4.78, 5) is 0. The third-order valence-corrected chi connectivity index (χ3v) is 3.48. The second kappa shape index (κ2) is 5.98. The topological polar surface area (TPSA) is 32.3 Å². The maximum Gasteiger partial charge on any atom is 0.120 e. The highest BCUT2D eigenvalue weighted by molar-refractivity contribution is 6.30. The molecule has 1 unspecified atom stereocenters. The first kappa shape index (κ1) is 13.8. The summed E-state index contributed by atoms with van der Waals surface area (Å²) in [7, 11) is 0. The second-order valence-electron chi connectivity index (χ2n) is 4.62. The van der Waals surface area contributed by atoms with Crippen LogP contribution < -0.4 is 5.32 Å². The van der Waals surface area contributed by atoms with Gasteiger partial charge >= 0.3 is 0 Å². The highest BCUT2D eigenvalue weighted by Gasteiger charge is 2.13. The predicted molar refractivity (Wildman–Crippen MR) is 81.0 cm³/mol. The van der Waals surface area contributed by atoms with E-state index in [-0.39, 0.29) is 6.04 Å². The highest BCUT2D eigenvalue weighted by atomic mass is 35.5. The molecule has 2 N–H and O–H groups in total. The van der Waals surface area contributed by atoms with Crippen LogP contribution in [0.4, 0.5) is 5.69 Å². The summed E-state index contributed by atoms with van der Waals surface area (Å²) in [5.41, 5.74) is 3.05. The number of phenols is 1. The van der Waals surface area contributed by atoms with Gasteiger partial charge in [0.05, 0.1) is 6.04 Å². The monoisotopic (exact) mass is 275 g/mol. The number of halogens is 1. The van der Waals surface area contributed by atoms with Crippen molar-refractivity contribution in [3.63, 3.8) is 0 Å². The molecule has 0 aliphatic rings. The highest BCUT2D eigenvalue weighted by Crippen LogP contribution is 2.31. The molecule has 100 valence electrons. The van der Waals surface area contributed by atoms with Crippen molar-refractivity contribution in [2.45, 2.75) is 26.3 Å². The van der Waals surface area contributed by atoms with Crippen molar-refractivity contribution in [1.82, 2.24) is 0 Å². The van der Waals surface area contributed by atoms with E-state index in [2.05, 4.69) is 12.2 Å². The van der Waals surface area contributed by atoms with Crippen LogP contribution in [0.3, 0.4) is 0 Å². The van der Waals surface area contributed by atoms with Crippen molar-refractivity contribution in [1.29, 1.82) is 0 Å². The number of nitrogens with one attached hydrogen (secondary N) is 1. The molecule has 0 aliphatic carbocycles. The van der Waals surface area contributed by atoms with Crippen molar-refractivity contribution < 1.29 is 5.11 Å². The largest absolute Gasteiger partial charge is 0.508 e. The Balaban J connectivity index is 2.29. The van der Waals surface area contributed by atoms with E-state index in [1.165, 1.54) is 0 Å². The third-order valence-electron chi connectivity index (χ3n) is 3.25. The SMILES string of the molecule is CCC(Nc1cc(Cl)ccc1C)c1ccccc1O. The van der Waals surface area contributed by atoms with Gasteiger partial charge in [0, 0.05) is 16.3 Å². The minimum Gasteiger partial charge on any atom is -0.508 e. The number of hydrogen-bond donors (Lipinski definition) is 2. The molecule has 0 amide bonds. The van der Waals surface area contributed by atoms with Crippen molar-refractivity contribution in [3.05, 3.63) is 58.6 Å². The van der Waals surface area contributed by atoms with Crippen LogP contribution in [0.25, 0.3) is 0 Å². The Bertz CT molecular complexity index is 568. The van der Waals surface area contributed by atoms with Gasteiger partial charge in [0.15, 0.2) is 0 Å². The summed E-state index contributed by atoms with van der Waals surface area (Å²) in [5.74, 6) is 0.321. The Morgan fingerprint density at radius 1 is 1.21 bits per heavy atom. The maximum absolute atomic E-state index is 9.95. The molecular weight excluding hydrogens is 258 g/mol. The molecule has 1 atom stereocenters. The zero-order valence-corrected chi connectivity index (χ0v) is 11.9. The van der Waals surface area contributed by atoms with Gasteiger partial charge in [0.1, 0.15) is 5.75 Å². The van der Waals surface area contributed by atoms with Crippen LogP contribution in [0.2, 0.25) is 5.02 Å². The van der Waals surface area contributed by atoms with Gasteiger partial charge in [-0.15, -0.1) is 0 Å². The van der Waals surface area contributed by atoms with E-state index in [0.29, 0.717) is 10.8 Å². The molecule has 0 aromatic heterocycles. The zero-order valence-electron chi connectivity index (χ0n) is 11.2. The Kier molecular flexibility index (Phi) is 4.33. The molecule has 0 fully saturated rings. The molecule has 0 bridgehead atoms. The fourth-order valence-corrected chi connectivity index (χ4v) is 2.29. The molecule has 0 spiro atoms. The van der Waals surface area contributed by atoms with Crippen LogP contribution in [-0.4, -0.2) is 5.11 Å². The first-order valence-electron chi connectivity index (χ1n) is 6.42. The van der Waals surface area contributed by atoms with Crippen LogP contribution in [0.15, 0.2) is 42.5 Å². The minimum absolute atomic E-state index is 0.0679. The summed E-state index contributed by atoms with van der Waals surface area (Å²) in [6.45, 7) is 4.13. The van der Waals surface area contributed by atoms with E-state index in [1.807, 2.05) is 43.3 Å². The second-order valence-corrected chi connectivity index (χ2v) is 5.06. The van der Waals surface area contributed by atoms with Crippen LogP contribution in [0.5, 0.6) is 5.75 Å². The normalized spacial score (nSPS) is 12.2. The summed E-state index contributed by atoms with van der Waals surface area (Å²) >= 11 is 6.03. The fraction of sp³-hybridized carbons (Fsp3) is 0.250. The number of para-hydroxylation sites is 1. The summed E-state index contributed by atoms with van der Waals surface area (Å²) in [5, 5.41) is 14.1. The molecule has 2 aromatic carbocycles. The Morgan fingerprint density at radius 3 is 2.63 bits per heavy atom. The van der Waals surface area contributed by atoms with Crippen molar-refractivity contribution in [3.8, 4) is 5.75 Å². The van der Waals surface area contributed by atoms with Crippen molar-refractivity contribution in [2.24, 2.45) is 0 Å². The Labute approximate surface area is 119 Å². The van der Waals surface area contributed by atoms with Gasteiger partial charge in [-0.05, 0) is 37.1 Å². The van der Waals surface area contributed by atoms with Crippen LogP contribution in [0, 0.1) is 6.92 Å². The first-order valence-corrected chi connectivity index (χ1v) is 6.80. The van der Waals surface area contributed by atoms with E-state index >= 15 is 0 Å². The van der Waals surface area contributed by atoms with Crippen molar-refractivity contribution in [2.75, 3.05) is 5.32 Å². The molecule has 0 radical (unpaired) electrons. The number of aromatic hydroxyl groups is 1. The van der Waals surface area contributed by atoms with Gasteiger partial charge in [0.25, 0.3) is 0 Å². The fourth-order valence-electron chi connectivity index (χ4n) is 2.12. The minimum atomic E-state index is 0.0679. The lowest BCUT2D eigenvalue weighted by atomic mass is 10.0.